The van der Waals surface area contributed by atoms with E-state index in [0.29, 0.717) is 28.5 Å². The molecule has 4 aromatic rings. The summed E-state index contributed by atoms with van der Waals surface area (Å²) in [6.45, 7) is 9.57. The molecule has 49 heavy (non-hydrogen) atoms. The van der Waals surface area contributed by atoms with Crippen molar-refractivity contribution in [1.82, 2.24) is 20.3 Å². The molecule has 0 saturated heterocycles. The van der Waals surface area contributed by atoms with Gasteiger partial charge in [0.15, 0.2) is 6.10 Å². The minimum atomic E-state index is -2.02. The van der Waals surface area contributed by atoms with Gasteiger partial charge in [-0.25, -0.2) is 18.6 Å². The number of aryl methyl sites for hydroxylation is 1. The number of nitrogens with zero attached hydrogens (tertiary/aromatic N) is 5. The number of β-amino-alcohol motifs (C(OH)–C–C–N with tert-alkyl or cyclic N) is 1. The number of thiazole rings is 1. The van der Waals surface area contributed by atoms with Gasteiger partial charge in [-0.1, -0.05) is 55.6 Å². The van der Waals surface area contributed by atoms with Crippen LogP contribution >= 0.6 is 11.3 Å². The van der Waals surface area contributed by atoms with E-state index in [1.807, 2.05) is 39.0 Å². The quantitative estimate of drug-likeness (QED) is 0.157. The smallest absolute Gasteiger partial charge is 0.412 e. The van der Waals surface area contributed by atoms with Gasteiger partial charge < -0.3 is 15.2 Å². The van der Waals surface area contributed by atoms with Crippen LogP contribution in [-0.2, 0) is 16.9 Å². The summed E-state index contributed by atoms with van der Waals surface area (Å²) in [7, 11) is 0. The summed E-state index contributed by atoms with van der Waals surface area (Å²) < 4.78 is 35.4. The minimum Gasteiger partial charge on any atom is -0.435 e. The number of amides is 1. The topological polar surface area (TPSA) is 137 Å². The molecule has 2 heterocycles. The fourth-order valence-corrected chi connectivity index (χ4v) is 6.27. The van der Waals surface area contributed by atoms with Gasteiger partial charge in [0.2, 0.25) is 0 Å². The Labute approximate surface area is 287 Å². The second-order valence-electron chi connectivity index (χ2n) is 12.2. The lowest BCUT2D eigenvalue weighted by atomic mass is 9.81. The predicted octanol–water partition coefficient (Wildman–Crippen LogP) is 6.39. The molecule has 1 aliphatic rings. The number of aromatic nitrogens is 1. The minimum absolute atomic E-state index is 0.146. The highest BCUT2D eigenvalue weighted by Crippen LogP contribution is 2.41. The van der Waals surface area contributed by atoms with Crippen molar-refractivity contribution in [1.29, 1.82) is 5.26 Å². The first-order chi connectivity index (χ1) is 23.4. The van der Waals surface area contributed by atoms with Crippen LogP contribution in [0, 0.1) is 29.9 Å². The third-order valence-electron chi connectivity index (χ3n) is 8.12. The van der Waals surface area contributed by atoms with Gasteiger partial charge in [0, 0.05) is 45.8 Å². The lowest BCUT2D eigenvalue weighted by molar-refractivity contribution is -0.00827. The van der Waals surface area contributed by atoms with Crippen molar-refractivity contribution in [3.05, 3.63) is 105 Å². The summed E-state index contributed by atoms with van der Waals surface area (Å²) in [5.41, 5.74) is 2.15. The van der Waals surface area contributed by atoms with Crippen LogP contribution in [-0.4, -0.2) is 52.1 Å². The van der Waals surface area contributed by atoms with Crippen molar-refractivity contribution >= 4 is 35.3 Å². The average molecular weight is 686 g/mol. The first kappa shape index (κ1) is 35.3. The summed E-state index contributed by atoms with van der Waals surface area (Å²) in [4.78, 5) is 21.9. The molecule has 1 amide bonds. The zero-order chi connectivity index (χ0) is 35.3. The number of halogens is 2. The van der Waals surface area contributed by atoms with Crippen LogP contribution in [0.4, 0.5) is 19.3 Å². The lowest BCUT2D eigenvalue weighted by Crippen LogP contribution is -2.43. The molecule has 1 aliphatic heterocycles. The Balaban J connectivity index is 1.34. The molecule has 1 aromatic heterocycles. The number of amidine groups is 1. The number of ether oxygens (including phenoxy) is 1. The first-order valence-electron chi connectivity index (χ1n) is 15.7. The van der Waals surface area contributed by atoms with Gasteiger partial charge in [-0.3, -0.25) is 5.32 Å². The number of aliphatic hydroxyl groups is 1. The van der Waals surface area contributed by atoms with Crippen LogP contribution < -0.4 is 15.6 Å². The van der Waals surface area contributed by atoms with E-state index in [1.165, 1.54) is 22.7 Å². The molecule has 0 spiro atoms. The SMILES string of the molecule is Cc1ccc(NC(=O)OC(C)C2=NN(C[C@](O)(c3cc(F)ccc3F)[C@@H](C)c3nc(-c4ccc(C#N)cc4)cs3)C=[N+]2)c(CNC(C)C)c1. The molecule has 253 valence electrons. The number of benzene rings is 3. The van der Waals surface area contributed by atoms with Crippen molar-refractivity contribution in [3.8, 4) is 17.3 Å². The Bertz CT molecular complexity index is 1920. The second-order valence-corrected chi connectivity index (χ2v) is 13.1. The van der Waals surface area contributed by atoms with E-state index in [9.17, 15) is 14.3 Å². The number of aliphatic imine (C=N–C) groups is 1. The lowest BCUT2D eigenvalue weighted by Gasteiger charge is -2.33. The Morgan fingerprint density at radius 3 is 2.59 bits per heavy atom. The number of hydrogen-bond acceptors (Lipinski definition) is 10. The molecule has 1 unspecified atom stereocenters. The van der Waals surface area contributed by atoms with Gasteiger partial charge in [0.25, 0.3) is 6.34 Å². The van der Waals surface area contributed by atoms with Crippen LogP contribution in [0.1, 0.15) is 60.9 Å². The molecule has 0 fully saturated rings. The average Bonchev–Trinajstić information content (AvgIpc) is 3.76. The van der Waals surface area contributed by atoms with Crippen LogP contribution in [0.2, 0.25) is 0 Å². The molecule has 3 atom stereocenters. The van der Waals surface area contributed by atoms with Crippen molar-refractivity contribution in [2.45, 2.75) is 64.8 Å². The molecule has 0 bridgehead atoms. The van der Waals surface area contributed by atoms with Crippen LogP contribution in [0.15, 0.2) is 71.1 Å². The molecule has 3 aromatic carbocycles. The normalized spacial score (nSPS) is 15.0. The number of carbonyl (C=O) groups is 1. The fourth-order valence-electron chi connectivity index (χ4n) is 5.30. The van der Waals surface area contributed by atoms with Gasteiger partial charge in [-0.2, -0.15) is 5.26 Å². The first-order valence-corrected chi connectivity index (χ1v) is 16.6. The zero-order valence-corrected chi connectivity index (χ0v) is 28.6. The van der Waals surface area contributed by atoms with E-state index in [-0.39, 0.29) is 24.0 Å². The van der Waals surface area contributed by atoms with Crippen molar-refractivity contribution < 1.29 is 23.4 Å². The Morgan fingerprint density at radius 2 is 1.88 bits per heavy atom. The zero-order valence-electron chi connectivity index (χ0n) is 27.7. The summed E-state index contributed by atoms with van der Waals surface area (Å²) in [5, 5.41) is 35.5. The number of hydrogen-bond donors (Lipinski definition) is 3. The summed E-state index contributed by atoms with van der Waals surface area (Å²) in [5.74, 6) is -2.20. The molecule has 3 N–H and O–H groups in total. The van der Waals surface area contributed by atoms with Gasteiger partial charge in [0.1, 0.15) is 23.8 Å². The molecule has 1 radical (unpaired) electrons. The second kappa shape index (κ2) is 15.0. The maximum absolute atomic E-state index is 15.3. The third-order valence-corrected chi connectivity index (χ3v) is 9.14. The highest BCUT2D eigenvalue weighted by atomic mass is 32.1. The van der Waals surface area contributed by atoms with Crippen LogP contribution in [0.5, 0.6) is 0 Å². The predicted molar refractivity (Wildman–Crippen MR) is 186 cm³/mol. The van der Waals surface area contributed by atoms with E-state index in [4.69, 9.17) is 15.0 Å². The monoisotopic (exact) mass is 685 g/mol. The van der Waals surface area contributed by atoms with Gasteiger partial charge >= 0.3 is 11.9 Å². The summed E-state index contributed by atoms with van der Waals surface area (Å²) in [6.07, 6.45) is -0.247. The van der Waals surface area contributed by atoms with E-state index < -0.39 is 35.4 Å². The number of nitriles is 1. The number of rotatable bonds is 12. The number of nitrogens with one attached hydrogen (secondary N) is 2. The number of anilines is 1. The maximum Gasteiger partial charge on any atom is 0.412 e. The Hall–Kier alpha value is -5.03. The van der Waals surface area contributed by atoms with Gasteiger partial charge in [-0.15, -0.1) is 16.3 Å². The van der Waals surface area contributed by atoms with E-state index in [2.05, 4.69) is 26.8 Å². The molecule has 0 aliphatic carbocycles. The standard InChI is InChI=1S/C36H37F2N7O3S/c1-21(2)40-17-27-14-22(3)6-13-31(27)43-35(46)48-24(5)33-41-20-45(44-33)19-36(47,29-15-28(37)11-12-30(29)38)23(4)34-42-32(18-49-34)26-9-7-25(16-39)8-10-26/h6-15,18,20-21,23-24,40,47H,17,19H2,1-5H3,(H,43,46)/q+1/t23-,24?,36+/m0/s1. The largest absolute Gasteiger partial charge is 0.435 e. The summed E-state index contributed by atoms with van der Waals surface area (Å²) >= 11 is 1.26. The fraction of sp³-hybridized carbons (Fsp3) is 0.306. The van der Waals surface area contributed by atoms with Gasteiger partial charge in [0.05, 0.1) is 22.3 Å². The Morgan fingerprint density at radius 1 is 1.12 bits per heavy atom. The van der Waals surface area contributed by atoms with E-state index in [0.717, 1.165) is 34.9 Å². The number of carbonyl (C=O) groups excluding carboxylic acids is 1. The third kappa shape index (κ3) is 8.34. The highest BCUT2D eigenvalue weighted by Gasteiger charge is 2.46. The molecule has 13 heteroatoms. The molecule has 10 nitrogen and oxygen atoms in total. The van der Waals surface area contributed by atoms with Crippen LogP contribution in [0.25, 0.3) is 11.3 Å². The van der Waals surface area contributed by atoms with Crippen molar-refractivity contribution in [3.63, 3.8) is 0 Å². The molecular formula is C36H37F2N7O3S+. The van der Waals surface area contributed by atoms with E-state index >= 15 is 4.39 Å². The maximum atomic E-state index is 15.3. The molecule has 5 rings (SSSR count). The molecular weight excluding hydrogens is 649 g/mol. The van der Waals surface area contributed by atoms with Gasteiger partial charge in [-0.05, 0) is 55.8 Å². The Kier molecular flexibility index (Phi) is 10.8. The van der Waals surface area contributed by atoms with Crippen molar-refractivity contribution in [2.24, 2.45) is 5.10 Å². The highest BCUT2D eigenvalue weighted by molar-refractivity contribution is 7.10. The number of hydrazone groups is 1. The van der Waals surface area contributed by atoms with Crippen LogP contribution in [0.3, 0.4) is 0 Å². The van der Waals surface area contributed by atoms with E-state index in [1.54, 1.807) is 43.5 Å². The summed E-state index contributed by atoms with van der Waals surface area (Å²) in [6, 6.07) is 17.8. The molecule has 0 saturated carbocycles. The van der Waals surface area contributed by atoms with Crippen molar-refractivity contribution in [2.75, 3.05) is 11.9 Å².